The zero-order valence-electron chi connectivity index (χ0n) is 10.1. The van der Waals surface area contributed by atoms with Gasteiger partial charge < -0.3 is 10.4 Å². The first-order valence-corrected chi connectivity index (χ1v) is 6.22. The minimum Gasteiger partial charge on any atom is -0.481 e. The maximum absolute atomic E-state index is 11.1. The average molecular weight is 233 g/mol. The van der Waals surface area contributed by atoms with E-state index in [2.05, 4.69) is 24.4 Å². The second-order valence-electron chi connectivity index (χ2n) is 4.78. The summed E-state index contributed by atoms with van der Waals surface area (Å²) in [5.74, 6) is -0.888. The van der Waals surface area contributed by atoms with Crippen molar-refractivity contribution in [2.75, 3.05) is 0 Å². The molecule has 1 aromatic carbocycles. The molecule has 0 spiro atoms. The number of carboxylic acids is 1. The fourth-order valence-corrected chi connectivity index (χ4v) is 2.61. The molecule has 0 amide bonds. The molecule has 0 unspecified atom stereocenters. The van der Waals surface area contributed by atoms with E-state index in [1.165, 1.54) is 5.56 Å². The average Bonchev–Trinajstić information content (AvgIpc) is 2.78. The number of aliphatic carboxylic acids is 1. The third kappa shape index (κ3) is 2.86. The number of carbonyl (C=O) groups is 1. The largest absolute Gasteiger partial charge is 0.481 e. The number of rotatable bonds is 4. The summed E-state index contributed by atoms with van der Waals surface area (Å²) >= 11 is 0. The third-order valence-corrected chi connectivity index (χ3v) is 3.60. The standard InChI is InChI=1S/C14H19NO2/c1-10(11-6-3-2-4-7-11)15-13-9-5-8-12(13)14(16)17/h2-4,6-7,10,12-13,15H,5,8-9H2,1H3,(H,16,17)/t10-,12+,13+/m1/s1. The van der Waals surface area contributed by atoms with E-state index < -0.39 is 5.97 Å². The molecule has 1 aliphatic rings. The molecule has 2 N–H and O–H groups in total. The molecule has 92 valence electrons. The van der Waals surface area contributed by atoms with Gasteiger partial charge in [0.05, 0.1) is 5.92 Å². The summed E-state index contributed by atoms with van der Waals surface area (Å²) in [5.41, 5.74) is 1.21. The Morgan fingerprint density at radius 1 is 1.35 bits per heavy atom. The summed E-state index contributed by atoms with van der Waals surface area (Å²) in [7, 11) is 0. The molecule has 3 heteroatoms. The summed E-state index contributed by atoms with van der Waals surface area (Å²) in [6, 6.07) is 10.5. The van der Waals surface area contributed by atoms with Gasteiger partial charge in [-0.25, -0.2) is 0 Å². The number of hydrogen-bond donors (Lipinski definition) is 2. The fraction of sp³-hybridized carbons (Fsp3) is 0.500. The van der Waals surface area contributed by atoms with E-state index >= 15 is 0 Å². The molecule has 1 aromatic rings. The van der Waals surface area contributed by atoms with Crippen molar-refractivity contribution >= 4 is 5.97 Å². The van der Waals surface area contributed by atoms with Crippen LogP contribution in [0.5, 0.6) is 0 Å². The number of hydrogen-bond acceptors (Lipinski definition) is 2. The van der Waals surface area contributed by atoms with Gasteiger partial charge in [0, 0.05) is 12.1 Å². The number of nitrogens with one attached hydrogen (secondary N) is 1. The molecule has 3 nitrogen and oxygen atoms in total. The van der Waals surface area contributed by atoms with Crippen molar-refractivity contribution in [2.24, 2.45) is 5.92 Å². The molecular weight excluding hydrogens is 214 g/mol. The molecule has 0 heterocycles. The van der Waals surface area contributed by atoms with Gasteiger partial charge in [0.1, 0.15) is 0 Å². The summed E-state index contributed by atoms with van der Waals surface area (Å²) < 4.78 is 0. The molecule has 1 aliphatic carbocycles. The van der Waals surface area contributed by atoms with Gasteiger partial charge in [-0.2, -0.15) is 0 Å². The van der Waals surface area contributed by atoms with Gasteiger partial charge in [-0.05, 0) is 25.3 Å². The number of benzene rings is 1. The molecule has 2 rings (SSSR count). The van der Waals surface area contributed by atoms with Crippen LogP contribution in [0.2, 0.25) is 0 Å². The van der Waals surface area contributed by atoms with Crippen molar-refractivity contribution in [2.45, 2.75) is 38.3 Å². The predicted octanol–water partition coefficient (Wildman–Crippen LogP) is 2.59. The lowest BCUT2D eigenvalue weighted by atomic mass is 10.0. The summed E-state index contributed by atoms with van der Waals surface area (Å²) in [4.78, 5) is 11.1. The first-order valence-electron chi connectivity index (χ1n) is 6.22. The van der Waals surface area contributed by atoms with Crippen LogP contribution in [-0.4, -0.2) is 17.1 Å². The van der Waals surface area contributed by atoms with E-state index in [-0.39, 0.29) is 18.0 Å². The summed E-state index contributed by atoms with van der Waals surface area (Å²) in [5, 5.41) is 12.6. The predicted molar refractivity (Wildman–Crippen MR) is 66.8 cm³/mol. The van der Waals surface area contributed by atoms with Crippen LogP contribution in [0.1, 0.15) is 37.8 Å². The van der Waals surface area contributed by atoms with Gasteiger partial charge in [0.25, 0.3) is 0 Å². The topological polar surface area (TPSA) is 49.3 Å². The van der Waals surface area contributed by atoms with Gasteiger partial charge in [0.15, 0.2) is 0 Å². The van der Waals surface area contributed by atoms with Crippen molar-refractivity contribution < 1.29 is 9.90 Å². The Balaban J connectivity index is 1.99. The second kappa shape index (κ2) is 5.32. The van der Waals surface area contributed by atoms with Crippen LogP contribution in [0, 0.1) is 5.92 Å². The van der Waals surface area contributed by atoms with Gasteiger partial charge in [-0.3, -0.25) is 4.79 Å². The van der Waals surface area contributed by atoms with Gasteiger partial charge in [-0.1, -0.05) is 36.8 Å². The third-order valence-electron chi connectivity index (χ3n) is 3.60. The van der Waals surface area contributed by atoms with E-state index in [1.807, 2.05) is 18.2 Å². The second-order valence-corrected chi connectivity index (χ2v) is 4.78. The highest BCUT2D eigenvalue weighted by molar-refractivity contribution is 5.71. The molecule has 1 fully saturated rings. The minimum atomic E-state index is -0.666. The Morgan fingerprint density at radius 3 is 2.71 bits per heavy atom. The molecule has 0 radical (unpaired) electrons. The summed E-state index contributed by atoms with van der Waals surface area (Å²) in [6.07, 6.45) is 2.78. The molecule has 0 saturated heterocycles. The molecule has 0 aliphatic heterocycles. The van der Waals surface area contributed by atoms with Crippen LogP contribution in [0.15, 0.2) is 30.3 Å². The van der Waals surface area contributed by atoms with E-state index in [0.29, 0.717) is 0 Å². The van der Waals surface area contributed by atoms with Gasteiger partial charge >= 0.3 is 5.97 Å². The molecule has 3 atom stereocenters. The quantitative estimate of drug-likeness (QED) is 0.840. The highest BCUT2D eigenvalue weighted by Crippen LogP contribution is 2.28. The van der Waals surface area contributed by atoms with Crippen molar-refractivity contribution in [1.82, 2.24) is 5.32 Å². The number of carboxylic acid groups (broad SMARTS) is 1. The normalized spacial score (nSPS) is 25.7. The Morgan fingerprint density at radius 2 is 2.06 bits per heavy atom. The lowest BCUT2D eigenvalue weighted by Gasteiger charge is -2.23. The van der Waals surface area contributed by atoms with E-state index in [4.69, 9.17) is 5.11 Å². The van der Waals surface area contributed by atoms with Crippen molar-refractivity contribution in [3.63, 3.8) is 0 Å². The highest BCUT2D eigenvalue weighted by Gasteiger charge is 2.33. The Labute approximate surface area is 102 Å². The van der Waals surface area contributed by atoms with E-state index in [9.17, 15) is 4.79 Å². The van der Waals surface area contributed by atoms with Crippen LogP contribution in [0.4, 0.5) is 0 Å². The monoisotopic (exact) mass is 233 g/mol. The van der Waals surface area contributed by atoms with Crippen molar-refractivity contribution in [1.29, 1.82) is 0 Å². The molecule has 0 aromatic heterocycles. The first kappa shape index (κ1) is 12.1. The maximum Gasteiger partial charge on any atom is 0.308 e. The Bertz CT molecular complexity index is 377. The Kier molecular flexibility index (Phi) is 3.79. The van der Waals surface area contributed by atoms with Crippen LogP contribution < -0.4 is 5.32 Å². The molecule has 0 bridgehead atoms. The van der Waals surface area contributed by atoms with Crippen molar-refractivity contribution in [3.8, 4) is 0 Å². The van der Waals surface area contributed by atoms with Crippen LogP contribution in [-0.2, 0) is 4.79 Å². The van der Waals surface area contributed by atoms with Gasteiger partial charge in [0.2, 0.25) is 0 Å². The lowest BCUT2D eigenvalue weighted by molar-refractivity contribution is -0.142. The van der Waals surface area contributed by atoms with Crippen LogP contribution >= 0.6 is 0 Å². The smallest absolute Gasteiger partial charge is 0.308 e. The SMILES string of the molecule is C[C@@H](N[C@H]1CCC[C@@H]1C(=O)O)c1ccccc1. The highest BCUT2D eigenvalue weighted by atomic mass is 16.4. The van der Waals surface area contributed by atoms with Crippen LogP contribution in [0.25, 0.3) is 0 Å². The Hall–Kier alpha value is -1.35. The van der Waals surface area contributed by atoms with E-state index in [1.54, 1.807) is 0 Å². The fourth-order valence-electron chi connectivity index (χ4n) is 2.61. The lowest BCUT2D eigenvalue weighted by Crippen LogP contribution is -2.37. The minimum absolute atomic E-state index is 0.114. The molecular formula is C14H19NO2. The zero-order valence-corrected chi connectivity index (χ0v) is 10.1. The zero-order chi connectivity index (χ0) is 12.3. The van der Waals surface area contributed by atoms with Crippen LogP contribution in [0.3, 0.4) is 0 Å². The van der Waals surface area contributed by atoms with Gasteiger partial charge in [-0.15, -0.1) is 0 Å². The first-order chi connectivity index (χ1) is 8.18. The summed E-state index contributed by atoms with van der Waals surface area (Å²) in [6.45, 7) is 2.09. The maximum atomic E-state index is 11.1. The van der Waals surface area contributed by atoms with Crippen molar-refractivity contribution in [3.05, 3.63) is 35.9 Å². The molecule has 1 saturated carbocycles. The molecule has 17 heavy (non-hydrogen) atoms. The van der Waals surface area contributed by atoms with E-state index in [0.717, 1.165) is 19.3 Å².